The van der Waals surface area contributed by atoms with E-state index in [0.717, 1.165) is 51.4 Å². The number of esters is 2. The molecule has 0 aromatic carbocycles. The topological polar surface area (TPSA) is 99.1 Å². The lowest BCUT2D eigenvalue weighted by atomic mass is 10.1. The average Bonchev–Trinajstić information content (AvgIpc) is 3.06. The van der Waals surface area contributed by atoms with E-state index in [1.807, 2.05) is 33.3 Å². The summed E-state index contributed by atoms with van der Waals surface area (Å²) in [5, 5.41) is 9.58. The largest absolute Gasteiger partial charge is 0.477 e. The number of rotatable bonds is 33. The highest BCUT2D eigenvalue weighted by atomic mass is 16.6. The van der Waals surface area contributed by atoms with E-state index in [1.54, 1.807) is 0 Å². The highest BCUT2D eigenvalue weighted by Gasteiger charge is 2.31. The van der Waals surface area contributed by atoms with Gasteiger partial charge in [0.05, 0.1) is 34.4 Å². The summed E-state index contributed by atoms with van der Waals surface area (Å²) in [6.07, 6.45) is 38.5. The molecule has 2 atom stereocenters. The van der Waals surface area contributed by atoms with Crippen molar-refractivity contribution in [3.63, 3.8) is 0 Å². The second-order valence-corrected chi connectivity index (χ2v) is 13.8. The quantitative estimate of drug-likeness (QED) is 0.0315. The standard InChI is InChI=1S/C42H71NO7/c1-6-8-10-12-14-16-18-19-20-21-22-23-25-27-29-31-33-41(45)50-38(36-48-35-34-39(42(46)47)43(3,4)5)37-49-40(44)32-30-28-26-24-17-15-13-11-9-7-2/h8,10,14,16,19-20,22-23,27,29,38-39H,6-7,9,11-13,15,17-18,21,24-26,28,30-37H2,1-5H3/p+1/b10-8+,16-14+,20-19+,23-22+,29-27+. The van der Waals surface area contributed by atoms with Crippen LogP contribution in [0.3, 0.4) is 0 Å². The number of hydrogen-bond donors (Lipinski definition) is 1. The van der Waals surface area contributed by atoms with Crippen LogP contribution in [0.25, 0.3) is 0 Å². The third kappa shape index (κ3) is 31.0. The summed E-state index contributed by atoms with van der Waals surface area (Å²) in [6, 6.07) is -0.627. The fraction of sp³-hybridized carbons (Fsp3) is 0.690. The van der Waals surface area contributed by atoms with E-state index in [2.05, 4.69) is 62.5 Å². The van der Waals surface area contributed by atoms with Crippen molar-refractivity contribution in [1.29, 1.82) is 0 Å². The average molecular weight is 703 g/mol. The van der Waals surface area contributed by atoms with Gasteiger partial charge in [0, 0.05) is 19.3 Å². The van der Waals surface area contributed by atoms with Gasteiger partial charge in [-0.25, -0.2) is 4.79 Å². The number of allylic oxidation sites excluding steroid dienone is 10. The highest BCUT2D eigenvalue weighted by molar-refractivity contribution is 5.72. The summed E-state index contributed by atoms with van der Waals surface area (Å²) in [4.78, 5) is 36.7. The maximum atomic E-state index is 12.6. The Morgan fingerprint density at radius 2 is 1.12 bits per heavy atom. The molecule has 286 valence electrons. The summed E-state index contributed by atoms with van der Waals surface area (Å²) in [5.74, 6) is -1.58. The zero-order chi connectivity index (χ0) is 37.1. The molecule has 0 saturated heterocycles. The molecule has 0 amide bonds. The summed E-state index contributed by atoms with van der Waals surface area (Å²) in [5.41, 5.74) is 0. The molecule has 2 unspecified atom stereocenters. The van der Waals surface area contributed by atoms with Crippen LogP contribution >= 0.6 is 0 Å². The zero-order valence-electron chi connectivity index (χ0n) is 32.3. The first-order valence-corrected chi connectivity index (χ1v) is 19.3. The van der Waals surface area contributed by atoms with E-state index >= 15 is 0 Å². The summed E-state index contributed by atoms with van der Waals surface area (Å²) in [7, 11) is 5.48. The lowest BCUT2D eigenvalue weighted by Crippen LogP contribution is -2.50. The minimum absolute atomic E-state index is 0.0302. The van der Waals surface area contributed by atoms with Crippen molar-refractivity contribution >= 4 is 17.9 Å². The van der Waals surface area contributed by atoms with Gasteiger partial charge in [-0.1, -0.05) is 132 Å². The Hall–Kier alpha value is -2.97. The van der Waals surface area contributed by atoms with Gasteiger partial charge in [-0.3, -0.25) is 9.59 Å². The normalized spacial score (nSPS) is 13.7. The predicted molar refractivity (Wildman–Crippen MR) is 206 cm³/mol. The van der Waals surface area contributed by atoms with E-state index in [-0.39, 0.29) is 42.7 Å². The molecule has 8 heteroatoms. The molecule has 0 aliphatic carbocycles. The van der Waals surface area contributed by atoms with Gasteiger partial charge in [-0.05, 0) is 44.9 Å². The van der Waals surface area contributed by atoms with E-state index in [9.17, 15) is 19.5 Å². The van der Waals surface area contributed by atoms with Crippen LogP contribution in [0.15, 0.2) is 60.8 Å². The molecule has 0 aromatic heterocycles. The number of aliphatic carboxylic acids is 1. The van der Waals surface area contributed by atoms with Crippen LogP contribution in [-0.2, 0) is 28.6 Å². The maximum Gasteiger partial charge on any atom is 0.362 e. The van der Waals surface area contributed by atoms with Gasteiger partial charge in [0.15, 0.2) is 12.1 Å². The number of likely N-dealkylation sites (N-methyl/N-ethyl adjacent to an activating group) is 1. The molecule has 0 spiro atoms. The number of carboxylic acids is 1. The van der Waals surface area contributed by atoms with Crippen LogP contribution in [0, 0.1) is 0 Å². The monoisotopic (exact) mass is 703 g/mol. The first-order valence-electron chi connectivity index (χ1n) is 19.3. The minimum atomic E-state index is -0.889. The van der Waals surface area contributed by atoms with Crippen LogP contribution in [-0.4, -0.2) is 80.6 Å². The van der Waals surface area contributed by atoms with Crippen molar-refractivity contribution in [3.05, 3.63) is 60.8 Å². The number of unbranched alkanes of at least 4 members (excludes halogenated alkanes) is 9. The maximum absolute atomic E-state index is 12.6. The van der Waals surface area contributed by atoms with Gasteiger partial charge in [0.2, 0.25) is 0 Å². The van der Waals surface area contributed by atoms with Crippen LogP contribution in [0.1, 0.15) is 136 Å². The molecule has 0 heterocycles. The van der Waals surface area contributed by atoms with Crippen molar-refractivity contribution < 1.29 is 38.2 Å². The van der Waals surface area contributed by atoms with Gasteiger partial charge < -0.3 is 23.8 Å². The van der Waals surface area contributed by atoms with E-state index < -0.39 is 18.1 Å². The molecular weight excluding hydrogens is 630 g/mol. The molecular formula is C42H72NO7+. The Balaban J connectivity index is 4.56. The van der Waals surface area contributed by atoms with Crippen molar-refractivity contribution in [1.82, 2.24) is 0 Å². The molecule has 0 rings (SSSR count). The lowest BCUT2D eigenvalue weighted by Gasteiger charge is -2.31. The number of carbonyl (C=O) groups is 3. The lowest BCUT2D eigenvalue weighted by molar-refractivity contribution is -0.887. The molecule has 1 N–H and O–H groups in total. The molecule has 0 aliphatic heterocycles. The zero-order valence-corrected chi connectivity index (χ0v) is 32.3. The molecule has 50 heavy (non-hydrogen) atoms. The predicted octanol–water partition coefficient (Wildman–Crippen LogP) is 9.85. The Labute approximate surface area is 305 Å². The van der Waals surface area contributed by atoms with Crippen LogP contribution < -0.4 is 0 Å². The van der Waals surface area contributed by atoms with Crippen molar-refractivity contribution in [2.75, 3.05) is 41.0 Å². The van der Waals surface area contributed by atoms with Crippen LogP contribution in [0.5, 0.6) is 0 Å². The third-order valence-corrected chi connectivity index (χ3v) is 8.20. The summed E-state index contributed by atoms with van der Waals surface area (Å²) < 4.78 is 17.1. The first kappa shape index (κ1) is 47.0. The fourth-order valence-electron chi connectivity index (χ4n) is 5.20. The number of carboxylic acid groups (broad SMARTS) is 1. The molecule has 0 aromatic rings. The van der Waals surface area contributed by atoms with Crippen molar-refractivity contribution in [2.45, 2.75) is 148 Å². The summed E-state index contributed by atoms with van der Waals surface area (Å²) in [6.45, 7) is 4.50. The fourth-order valence-corrected chi connectivity index (χ4v) is 5.20. The van der Waals surface area contributed by atoms with Crippen molar-refractivity contribution in [3.8, 4) is 0 Å². The molecule has 0 bridgehead atoms. The number of nitrogens with zero attached hydrogens (tertiary/aromatic N) is 1. The molecule has 0 aliphatic rings. The number of quaternary nitrogens is 1. The van der Waals surface area contributed by atoms with Gasteiger partial charge in [0.25, 0.3) is 0 Å². The number of ether oxygens (including phenoxy) is 3. The second kappa shape index (κ2) is 33.2. The number of hydrogen-bond acceptors (Lipinski definition) is 6. The van der Waals surface area contributed by atoms with Crippen LogP contribution in [0.2, 0.25) is 0 Å². The molecule has 0 radical (unpaired) electrons. The molecule has 0 saturated carbocycles. The van der Waals surface area contributed by atoms with E-state index in [4.69, 9.17) is 14.2 Å². The van der Waals surface area contributed by atoms with Gasteiger partial charge in [0.1, 0.15) is 6.61 Å². The van der Waals surface area contributed by atoms with Gasteiger partial charge in [-0.15, -0.1) is 0 Å². The van der Waals surface area contributed by atoms with Crippen molar-refractivity contribution in [2.24, 2.45) is 0 Å². The Morgan fingerprint density at radius 1 is 0.620 bits per heavy atom. The first-order chi connectivity index (χ1) is 24.1. The van der Waals surface area contributed by atoms with Gasteiger partial charge in [-0.2, -0.15) is 0 Å². The van der Waals surface area contributed by atoms with E-state index in [1.165, 1.54) is 44.9 Å². The minimum Gasteiger partial charge on any atom is -0.477 e. The Bertz CT molecular complexity index is 1010. The van der Waals surface area contributed by atoms with E-state index in [0.29, 0.717) is 19.3 Å². The van der Waals surface area contributed by atoms with Crippen LogP contribution in [0.4, 0.5) is 0 Å². The number of carbonyl (C=O) groups excluding carboxylic acids is 2. The Morgan fingerprint density at radius 3 is 1.62 bits per heavy atom. The Kier molecular flexibility index (Phi) is 31.2. The molecule has 0 fully saturated rings. The summed E-state index contributed by atoms with van der Waals surface area (Å²) >= 11 is 0. The SMILES string of the molecule is CC/C=C/C/C=C/C/C=C/C/C=C/C/C=C/CCC(=O)OC(COCCC(C(=O)O)[N+](C)(C)C)COC(=O)CCCCCCCCCCCC. The third-order valence-electron chi connectivity index (χ3n) is 8.20. The highest BCUT2D eigenvalue weighted by Crippen LogP contribution is 2.13. The molecule has 8 nitrogen and oxygen atoms in total. The smallest absolute Gasteiger partial charge is 0.362 e. The van der Waals surface area contributed by atoms with Gasteiger partial charge >= 0.3 is 17.9 Å². The second-order valence-electron chi connectivity index (χ2n) is 13.8.